The molecule has 1 aliphatic rings. The molecule has 2 heteroatoms. The lowest BCUT2D eigenvalue weighted by Gasteiger charge is -2.25. The van der Waals surface area contributed by atoms with E-state index in [1.165, 1.54) is 0 Å². The Morgan fingerprint density at radius 2 is 1.82 bits per heavy atom. The van der Waals surface area contributed by atoms with Gasteiger partial charge in [0.15, 0.2) is 0 Å². The van der Waals surface area contributed by atoms with Crippen LogP contribution in [0.1, 0.15) is 25.8 Å². The van der Waals surface area contributed by atoms with Gasteiger partial charge in [-0.1, -0.05) is 42.5 Å². The first kappa shape index (κ1) is 11.9. The number of rotatable bonds is 4. The van der Waals surface area contributed by atoms with Crippen LogP contribution < -0.4 is 0 Å². The van der Waals surface area contributed by atoms with E-state index >= 15 is 0 Å². The normalized spacial score (nSPS) is 22.4. The zero-order valence-electron chi connectivity index (χ0n) is 10.6. The van der Waals surface area contributed by atoms with Crippen LogP contribution in [0.2, 0.25) is 0 Å². The Labute approximate surface area is 103 Å². The topological polar surface area (TPSA) is 20.3 Å². The fourth-order valence-corrected chi connectivity index (χ4v) is 2.44. The van der Waals surface area contributed by atoms with Gasteiger partial charge >= 0.3 is 0 Å². The lowest BCUT2D eigenvalue weighted by atomic mass is 9.93. The minimum atomic E-state index is -0.423. The molecule has 1 atom stereocenters. The summed E-state index contributed by atoms with van der Waals surface area (Å²) in [6, 6.07) is 10.00. The van der Waals surface area contributed by atoms with Gasteiger partial charge in [0.1, 0.15) is 0 Å². The predicted octanol–water partition coefficient (Wildman–Crippen LogP) is 2.75. The van der Waals surface area contributed by atoms with Gasteiger partial charge in [-0.15, -0.1) is 0 Å². The largest absolute Gasteiger partial charge is 0.342 e. The first-order valence-corrected chi connectivity index (χ1v) is 6.20. The average Bonchev–Trinajstić information content (AvgIpc) is 3.05. The van der Waals surface area contributed by atoms with Gasteiger partial charge in [-0.3, -0.25) is 4.79 Å². The van der Waals surface area contributed by atoms with Gasteiger partial charge in [-0.25, -0.2) is 0 Å². The summed E-state index contributed by atoms with van der Waals surface area (Å²) in [5, 5.41) is 0. The summed E-state index contributed by atoms with van der Waals surface area (Å²) in [4.78, 5) is 14.5. The van der Waals surface area contributed by atoms with E-state index in [0.29, 0.717) is 0 Å². The second-order valence-electron chi connectivity index (χ2n) is 4.53. The molecule has 1 aromatic rings. The van der Waals surface area contributed by atoms with Gasteiger partial charge < -0.3 is 4.90 Å². The van der Waals surface area contributed by atoms with Crippen LogP contribution in [0.5, 0.6) is 0 Å². The Hall–Kier alpha value is -1.57. The number of carbonyl (C=O) groups excluding carboxylic acids is 1. The SMILES string of the molecule is C=C1CC1(C(=O)N(CC)CC)c1ccccc1. The van der Waals surface area contributed by atoms with Crippen molar-refractivity contribution < 1.29 is 4.79 Å². The van der Waals surface area contributed by atoms with Gasteiger partial charge in [-0.05, 0) is 25.8 Å². The Balaban J connectivity index is 2.34. The van der Waals surface area contributed by atoms with Gasteiger partial charge in [0.05, 0.1) is 5.41 Å². The van der Waals surface area contributed by atoms with Crippen molar-refractivity contribution in [3.8, 4) is 0 Å². The Morgan fingerprint density at radius 3 is 2.24 bits per heavy atom. The van der Waals surface area contributed by atoms with Gasteiger partial charge in [-0.2, -0.15) is 0 Å². The van der Waals surface area contributed by atoms with E-state index < -0.39 is 5.41 Å². The molecule has 1 saturated carbocycles. The van der Waals surface area contributed by atoms with Crippen LogP contribution in [0.25, 0.3) is 0 Å². The number of hydrogen-bond acceptors (Lipinski definition) is 1. The van der Waals surface area contributed by atoms with E-state index in [2.05, 4.69) is 6.58 Å². The molecule has 2 rings (SSSR count). The van der Waals surface area contributed by atoms with Crippen molar-refractivity contribution in [2.45, 2.75) is 25.7 Å². The lowest BCUT2D eigenvalue weighted by Crippen LogP contribution is -2.39. The second-order valence-corrected chi connectivity index (χ2v) is 4.53. The second kappa shape index (κ2) is 4.36. The fraction of sp³-hybridized carbons (Fsp3) is 0.400. The fourth-order valence-electron chi connectivity index (χ4n) is 2.44. The van der Waals surface area contributed by atoms with E-state index in [1.54, 1.807) is 0 Å². The third-order valence-corrected chi connectivity index (χ3v) is 3.64. The molecule has 0 saturated heterocycles. The number of amides is 1. The smallest absolute Gasteiger partial charge is 0.237 e. The maximum atomic E-state index is 12.6. The Morgan fingerprint density at radius 1 is 1.29 bits per heavy atom. The summed E-state index contributed by atoms with van der Waals surface area (Å²) in [6.07, 6.45) is 0.798. The van der Waals surface area contributed by atoms with Crippen molar-refractivity contribution in [1.29, 1.82) is 0 Å². The van der Waals surface area contributed by atoms with Crippen LogP contribution in [-0.2, 0) is 10.2 Å². The molecule has 1 aromatic carbocycles. The standard InChI is InChI=1S/C15H19NO/c1-4-16(5-2)14(17)15(11-12(15)3)13-9-7-6-8-10-13/h6-10H,3-5,11H2,1-2H3. The van der Waals surface area contributed by atoms with Crippen LogP contribution in [0, 0.1) is 0 Å². The molecule has 1 amide bonds. The summed E-state index contributed by atoms with van der Waals surface area (Å²) in [5.41, 5.74) is 1.70. The summed E-state index contributed by atoms with van der Waals surface area (Å²) in [7, 11) is 0. The third-order valence-electron chi connectivity index (χ3n) is 3.64. The maximum absolute atomic E-state index is 12.6. The molecule has 0 spiro atoms. The van der Waals surface area contributed by atoms with Crippen LogP contribution in [-0.4, -0.2) is 23.9 Å². The zero-order valence-corrected chi connectivity index (χ0v) is 10.6. The molecule has 0 bridgehead atoms. The Kier molecular flexibility index (Phi) is 3.05. The number of nitrogens with zero attached hydrogens (tertiary/aromatic N) is 1. The highest BCUT2D eigenvalue weighted by Gasteiger charge is 2.56. The van der Waals surface area contributed by atoms with E-state index in [1.807, 2.05) is 49.1 Å². The van der Waals surface area contributed by atoms with Crippen molar-refractivity contribution in [3.05, 3.63) is 48.0 Å². The molecule has 90 valence electrons. The molecule has 1 fully saturated rings. The molecule has 0 heterocycles. The van der Waals surface area contributed by atoms with Gasteiger partial charge in [0.2, 0.25) is 5.91 Å². The zero-order chi connectivity index (χ0) is 12.5. The molecule has 2 nitrogen and oxygen atoms in total. The highest BCUT2D eigenvalue weighted by molar-refractivity contribution is 5.97. The molecule has 0 aromatic heterocycles. The van der Waals surface area contributed by atoms with Crippen LogP contribution in [0.3, 0.4) is 0 Å². The minimum Gasteiger partial charge on any atom is -0.342 e. The summed E-state index contributed by atoms with van der Waals surface area (Å²) in [5.74, 6) is 0.207. The minimum absolute atomic E-state index is 0.207. The quantitative estimate of drug-likeness (QED) is 0.727. The average molecular weight is 229 g/mol. The highest BCUT2D eigenvalue weighted by Crippen LogP contribution is 2.53. The monoisotopic (exact) mass is 229 g/mol. The lowest BCUT2D eigenvalue weighted by molar-refractivity contribution is -0.133. The van der Waals surface area contributed by atoms with Crippen LogP contribution in [0.4, 0.5) is 0 Å². The molecule has 0 N–H and O–H groups in total. The van der Waals surface area contributed by atoms with E-state index in [0.717, 1.165) is 30.6 Å². The predicted molar refractivity (Wildman–Crippen MR) is 69.8 cm³/mol. The molecule has 1 aliphatic carbocycles. The van der Waals surface area contributed by atoms with Crippen molar-refractivity contribution in [1.82, 2.24) is 4.90 Å². The third kappa shape index (κ3) is 1.78. The summed E-state index contributed by atoms with van der Waals surface area (Å²) < 4.78 is 0. The maximum Gasteiger partial charge on any atom is 0.237 e. The van der Waals surface area contributed by atoms with Crippen molar-refractivity contribution in [3.63, 3.8) is 0 Å². The number of hydrogen-bond donors (Lipinski definition) is 0. The molecule has 0 radical (unpaired) electrons. The summed E-state index contributed by atoms with van der Waals surface area (Å²) >= 11 is 0. The summed E-state index contributed by atoms with van der Waals surface area (Å²) in [6.45, 7) is 9.58. The van der Waals surface area contributed by atoms with Crippen LogP contribution in [0.15, 0.2) is 42.5 Å². The highest BCUT2D eigenvalue weighted by atomic mass is 16.2. The van der Waals surface area contributed by atoms with E-state index in [9.17, 15) is 4.79 Å². The number of benzene rings is 1. The Bertz CT molecular complexity index is 433. The first-order chi connectivity index (χ1) is 8.16. The molecule has 1 unspecified atom stereocenters. The van der Waals surface area contributed by atoms with Gasteiger partial charge in [0, 0.05) is 13.1 Å². The van der Waals surface area contributed by atoms with Crippen molar-refractivity contribution in [2.75, 3.05) is 13.1 Å². The molecule has 17 heavy (non-hydrogen) atoms. The van der Waals surface area contributed by atoms with E-state index in [4.69, 9.17) is 0 Å². The molecular formula is C15H19NO. The van der Waals surface area contributed by atoms with E-state index in [-0.39, 0.29) is 5.91 Å². The van der Waals surface area contributed by atoms with Crippen molar-refractivity contribution in [2.24, 2.45) is 0 Å². The molecule has 0 aliphatic heterocycles. The van der Waals surface area contributed by atoms with Crippen LogP contribution >= 0.6 is 0 Å². The van der Waals surface area contributed by atoms with Gasteiger partial charge in [0.25, 0.3) is 0 Å². The number of carbonyl (C=O) groups is 1. The first-order valence-electron chi connectivity index (χ1n) is 6.20. The van der Waals surface area contributed by atoms with Crippen molar-refractivity contribution >= 4 is 5.91 Å². The number of likely N-dealkylation sites (N-methyl/N-ethyl adjacent to an activating group) is 1. The molecular weight excluding hydrogens is 210 g/mol.